The summed E-state index contributed by atoms with van der Waals surface area (Å²) in [6, 6.07) is 0. The van der Waals surface area contributed by atoms with E-state index in [4.69, 9.17) is 5.11 Å². The normalized spacial score (nSPS) is 19.6. The van der Waals surface area contributed by atoms with E-state index in [9.17, 15) is 0 Å². The SMILES string of the molecule is OCCCC1=CCCCCCC1. The van der Waals surface area contributed by atoms with Gasteiger partial charge in [-0.15, -0.1) is 0 Å². The molecule has 0 fully saturated rings. The van der Waals surface area contributed by atoms with Crippen LogP contribution in [0.5, 0.6) is 0 Å². The third-order valence-corrected chi connectivity index (χ3v) is 2.54. The number of allylic oxidation sites excluding steroid dienone is 2. The molecule has 0 aliphatic heterocycles. The van der Waals surface area contributed by atoms with Gasteiger partial charge >= 0.3 is 0 Å². The van der Waals surface area contributed by atoms with Gasteiger partial charge in [0.1, 0.15) is 0 Å². The van der Waals surface area contributed by atoms with E-state index in [-0.39, 0.29) is 0 Å². The fourth-order valence-electron chi connectivity index (χ4n) is 1.79. The first kappa shape index (κ1) is 9.79. The Hall–Kier alpha value is -0.300. The van der Waals surface area contributed by atoms with Crippen LogP contribution in [0.4, 0.5) is 0 Å². The minimum absolute atomic E-state index is 0.345. The zero-order chi connectivity index (χ0) is 8.65. The largest absolute Gasteiger partial charge is 0.396 e. The van der Waals surface area contributed by atoms with Crippen LogP contribution in [0.1, 0.15) is 51.4 Å². The van der Waals surface area contributed by atoms with Crippen LogP contribution in [0.3, 0.4) is 0 Å². The summed E-state index contributed by atoms with van der Waals surface area (Å²) >= 11 is 0. The van der Waals surface area contributed by atoms with E-state index in [0.29, 0.717) is 6.61 Å². The summed E-state index contributed by atoms with van der Waals surface area (Å²) in [6.45, 7) is 0.345. The Balaban J connectivity index is 2.26. The molecule has 0 aromatic rings. The second kappa shape index (κ2) is 6.24. The lowest BCUT2D eigenvalue weighted by molar-refractivity contribution is 0.287. The molecule has 70 valence electrons. The van der Waals surface area contributed by atoms with Crippen LogP contribution >= 0.6 is 0 Å². The van der Waals surface area contributed by atoms with Crippen molar-refractivity contribution >= 4 is 0 Å². The van der Waals surface area contributed by atoms with Crippen molar-refractivity contribution in [3.8, 4) is 0 Å². The van der Waals surface area contributed by atoms with Crippen molar-refractivity contribution in [2.75, 3.05) is 6.61 Å². The summed E-state index contributed by atoms with van der Waals surface area (Å²) in [6.07, 6.45) is 12.5. The molecule has 0 spiro atoms. The highest BCUT2D eigenvalue weighted by molar-refractivity contribution is 5.02. The maximum atomic E-state index is 8.70. The molecule has 0 unspecified atom stereocenters. The van der Waals surface area contributed by atoms with E-state index >= 15 is 0 Å². The molecule has 1 nitrogen and oxygen atoms in total. The highest BCUT2D eigenvalue weighted by atomic mass is 16.2. The van der Waals surface area contributed by atoms with Crippen LogP contribution in [0, 0.1) is 0 Å². The van der Waals surface area contributed by atoms with Gasteiger partial charge in [-0.05, 0) is 38.5 Å². The van der Waals surface area contributed by atoms with E-state index in [0.717, 1.165) is 12.8 Å². The van der Waals surface area contributed by atoms with Gasteiger partial charge in [0, 0.05) is 6.61 Å². The Morgan fingerprint density at radius 1 is 1.17 bits per heavy atom. The fraction of sp³-hybridized carbons (Fsp3) is 0.818. The van der Waals surface area contributed by atoms with Crippen molar-refractivity contribution in [3.05, 3.63) is 11.6 Å². The van der Waals surface area contributed by atoms with Gasteiger partial charge in [-0.2, -0.15) is 0 Å². The number of rotatable bonds is 3. The molecular weight excluding hydrogens is 148 g/mol. The Morgan fingerprint density at radius 2 is 2.00 bits per heavy atom. The van der Waals surface area contributed by atoms with E-state index < -0.39 is 0 Å². The first-order chi connectivity index (χ1) is 5.93. The van der Waals surface area contributed by atoms with Crippen molar-refractivity contribution in [1.82, 2.24) is 0 Å². The maximum Gasteiger partial charge on any atom is 0.0434 e. The zero-order valence-corrected chi connectivity index (χ0v) is 7.89. The molecule has 1 rings (SSSR count). The molecule has 1 N–H and O–H groups in total. The van der Waals surface area contributed by atoms with Gasteiger partial charge in [-0.25, -0.2) is 0 Å². The lowest BCUT2D eigenvalue weighted by atomic mass is 9.97. The van der Waals surface area contributed by atoms with Crippen LogP contribution in [0.15, 0.2) is 11.6 Å². The molecule has 0 saturated heterocycles. The van der Waals surface area contributed by atoms with Crippen molar-refractivity contribution in [1.29, 1.82) is 0 Å². The topological polar surface area (TPSA) is 20.2 Å². The summed E-state index contributed by atoms with van der Waals surface area (Å²) in [4.78, 5) is 0. The smallest absolute Gasteiger partial charge is 0.0434 e. The van der Waals surface area contributed by atoms with Gasteiger partial charge in [-0.3, -0.25) is 0 Å². The van der Waals surface area contributed by atoms with Crippen LogP contribution in [-0.4, -0.2) is 11.7 Å². The van der Waals surface area contributed by atoms with Crippen LogP contribution in [0.2, 0.25) is 0 Å². The highest BCUT2D eigenvalue weighted by Gasteiger charge is 2.00. The molecule has 12 heavy (non-hydrogen) atoms. The van der Waals surface area contributed by atoms with Crippen molar-refractivity contribution in [2.45, 2.75) is 51.4 Å². The fourth-order valence-corrected chi connectivity index (χ4v) is 1.79. The Bertz CT molecular complexity index is 138. The third-order valence-electron chi connectivity index (χ3n) is 2.54. The number of aliphatic hydroxyl groups is 1. The van der Waals surface area contributed by atoms with Gasteiger partial charge < -0.3 is 5.11 Å². The van der Waals surface area contributed by atoms with Crippen LogP contribution < -0.4 is 0 Å². The Kier molecular flexibility index (Phi) is 5.09. The standard InChI is InChI=1S/C11H20O/c12-10-6-9-11-7-4-2-1-3-5-8-11/h7,12H,1-6,8-10H2. The van der Waals surface area contributed by atoms with Crippen LogP contribution in [0.25, 0.3) is 0 Å². The number of aliphatic hydroxyl groups excluding tert-OH is 1. The molecule has 0 amide bonds. The quantitative estimate of drug-likeness (QED) is 0.642. The van der Waals surface area contributed by atoms with E-state index in [2.05, 4.69) is 6.08 Å². The summed E-state index contributed by atoms with van der Waals surface area (Å²) in [5.74, 6) is 0. The molecule has 0 saturated carbocycles. The third kappa shape index (κ3) is 3.91. The monoisotopic (exact) mass is 168 g/mol. The summed E-state index contributed by atoms with van der Waals surface area (Å²) in [5.41, 5.74) is 1.59. The minimum atomic E-state index is 0.345. The predicted molar refractivity (Wildman–Crippen MR) is 52.1 cm³/mol. The lowest BCUT2D eigenvalue weighted by Gasteiger charge is -2.10. The average molecular weight is 168 g/mol. The van der Waals surface area contributed by atoms with Gasteiger partial charge in [0.25, 0.3) is 0 Å². The summed E-state index contributed by atoms with van der Waals surface area (Å²) in [7, 11) is 0. The van der Waals surface area contributed by atoms with E-state index in [1.54, 1.807) is 5.57 Å². The predicted octanol–water partition coefficient (Wildman–Crippen LogP) is 3.04. The first-order valence-corrected chi connectivity index (χ1v) is 5.22. The van der Waals surface area contributed by atoms with E-state index in [1.807, 2.05) is 0 Å². The lowest BCUT2D eigenvalue weighted by Crippen LogP contribution is -1.92. The molecule has 0 atom stereocenters. The zero-order valence-electron chi connectivity index (χ0n) is 7.89. The number of hydrogen-bond acceptors (Lipinski definition) is 1. The molecular formula is C11H20O. The molecule has 0 radical (unpaired) electrons. The Labute approximate surface area is 75.5 Å². The molecule has 0 heterocycles. The second-order valence-corrected chi connectivity index (χ2v) is 3.64. The molecule has 0 aromatic heterocycles. The van der Waals surface area contributed by atoms with Crippen molar-refractivity contribution in [3.63, 3.8) is 0 Å². The van der Waals surface area contributed by atoms with Crippen molar-refractivity contribution in [2.24, 2.45) is 0 Å². The number of hydrogen-bond donors (Lipinski definition) is 1. The summed E-state index contributed by atoms with van der Waals surface area (Å²) in [5, 5.41) is 8.70. The van der Waals surface area contributed by atoms with Gasteiger partial charge in [-0.1, -0.05) is 24.5 Å². The second-order valence-electron chi connectivity index (χ2n) is 3.64. The van der Waals surface area contributed by atoms with Crippen molar-refractivity contribution < 1.29 is 5.11 Å². The van der Waals surface area contributed by atoms with Gasteiger partial charge in [0.15, 0.2) is 0 Å². The molecule has 0 aromatic carbocycles. The average Bonchev–Trinajstić information content (AvgIpc) is 2.02. The summed E-state index contributed by atoms with van der Waals surface area (Å²) < 4.78 is 0. The Morgan fingerprint density at radius 3 is 2.83 bits per heavy atom. The molecule has 0 bridgehead atoms. The minimum Gasteiger partial charge on any atom is -0.396 e. The highest BCUT2D eigenvalue weighted by Crippen LogP contribution is 2.19. The van der Waals surface area contributed by atoms with E-state index in [1.165, 1.54) is 38.5 Å². The molecule has 1 aliphatic carbocycles. The maximum absolute atomic E-state index is 8.70. The van der Waals surface area contributed by atoms with Gasteiger partial charge in [0.2, 0.25) is 0 Å². The van der Waals surface area contributed by atoms with Crippen LogP contribution in [-0.2, 0) is 0 Å². The van der Waals surface area contributed by atoms with Gasteiger partial charge in [0.05, 0.1) is 0 Å². The molecule has 1 heteroatoms. The molecule has 1 aliphatic rings. The first-order valence-electron chi connectivity index (χ1n) is 5.22.